The van der Waals surface area contributed by atoms with Gasteiger partial charge >= 0.3 is 0 Å². The highest BCUT2D eigenvalue weighted by Crippen LogP contribution is 2.37. The Morgan fingerprint density at radius 3 is 2.63 bits per heavy atom. The van der Waals surface area contributed by atoms with Crippen molar-refractivity contribution in [2.24, 2.45) is 24.6 Å². The van der Waals surface area contributed by atoms with Crippen LogP contribution in [0.3, 0.4) is 0 Å². The second kappa shape index (κ2) is 5.57. The molecule has 1 saturated carbocycles. The Labute approximate surface area is 125 Å². The quantitative estimate of drug-likeness (QED) is 0.924. The van der Waals surface area contributed by atoms with Crippen LogP contribution in [0.15, 0.2) is 4.47 Å². The maximum Gasteiger partial charge on any atom is 0.0766 e. The minimum Gasteiger partial charge on any atom is -0.325 e. The number of aromatic nitrogens is 2. The smallest absolute Gasteiger partial charge is 0.0766 e. The Kier molecular flexibility index (Phi) is 4.41. The highest BCUT2D eigenvalue weighted by molar-refractivity contribution is 9.10. The van der Waals surface area contributed by atoms with E-state index in [1.807, 2.05) is 11.7 Å². The predicted molar refractivity (Wildman–Crippen MR) is 83.1 cm³/mol. The molecule has 0 aliphatic heterocycles. The molecule has 3 nitrogen and oxygen atoms in total. The standard InChI is InChI=1S/C15H26BrN3/c1-5-12-14(16)13(19(4)18-12)9-15(17)7-6-10(2)11(3)8-15/h10-11H,5-9,17H2,1-4H3. The number of halogens is 1. The van der Waals surface area contributed by atoms with Crippen LogP contribution in [-0.4, -0.2) is 15.3 Å². The third-order valence-electron chi connectivity index (χ3n) is 4.82. The number of nitrogens with zero attached hydrogens (tertiary/aromatic N) is 2. The minimum atomic E-state index is -0.0623. The second-order valence-electron chi connectivity index (χ2n) is 6.42. The first kappa shape index (κ1) is 15.0. The third-order valence-corrected chi connectivity index (χ3v) is 5.74. The van der Waals surface area contributed by atoms with Gasteiger partial charge < -0.3 is 5.73 Å². The zero-order valence-corrected chi connectivity index (χ0v) is 14.1. The first-order valence-electron chi connectivity index (χ1n) is 7.35. The Morgan fingerprint density at radius 2 is 2.11 bits per heavy atom. The van der Waals surface area contributed by atoms with Crippen LogP contribution in [0.2, 0.25) is 0 Å². The molecule has 1 heterocycles. The molecule has 19 heavy (non-hydrogen) atoms. The Bertz CT molecular complexity index is 454. The molecule has 4 heteroatoms. The van der Waals surface area contributed by atoms with Gasteiger partial charge in [0.25, 0.3) is 0 Å². The van der Waals surface area contributed by atoms with Gasteiger partial charge in [0.15, 0.2) is 0 Å². The van der Waals surface area contributed by atoms with Crippen molar-refractivity contribution in [3.63, 3.8) is 0 Å². The van der Waals surface area contributed by atoms with Crippen molar-refractivity contribution < 1.29 is 0 Å². The Hall–Kier alpha value is -0.350. The lowest BCUT2D eigenvalue weighted by atomic mass is 9.70. The molecule has 2 N–H and O–H groups in total. The SMILES string of the molecule is CCc1nn(C)c(CC2(N)CCC(C)C(C)C2)c1Br. The van der Waals surface area contributed by atoms with Crippen molar-refractivity contribution in [3.8, 4) is 0 Å². The van der Waals surface area contributed by atoms with Gasteiger partial charge in [-0.1, -0.05) is 20.8 Å². The zero-order valence-electron chi connectivity index (χ0n) is 12.5. The van der Waals surface area contributed by atoms with Crippen molar-refractivity contribution >= 4 is 15.9 Å². The molecule has 1 aliphatic carbocycles. The van der Waals surface area contributed by atoms with Gasteiger partial charge in [-0.05, 0) is 53.4 Å². The number of nitrogens with two attached hydrogens (primary N) is 1. The van der Waals surface area contributed by atoms with E-state index in [4.69, 9.17) is 5.73 Å². The lowest BCUT2D eigenvalue weighted by molar-refractivity contribution is 0.173. The predicted octanol–water partition coefficient (Wildman–Crippen LogP) is 3.44. The largest absolute Gasteiger partial charge is 0.325 e. The average molecular weight is 328 g/mol. The van der Waals surface area contributed by atoms with Gasteiger partial charge in [-0.3, -0.25) is 4.68 Å². The van der Waals surface area contributed by atoms with Gasteiger partial charge in [-0.15, -0.1) is 0 Å². The maximum absolute atomic E-state index is 6.67. The van der Waals surface area contributed by atoms with E-state index in [0.29, 0.717) is 0 Å². The minimum absolute atomic E-state index is 0.0623. The molecule has 0 amide bonds. The highest BCUT2D eigenvalue weighted by atomic mass is 79.9. The summed E-state index contributed by atoms with van der Waals surface area (Å²) in [5.41, 5.74) is 9.00. The summed E-state index contributed by atoms with van der Waals surface area (Å²) < 4.78 is 3.16. The molecule has 0 aromatic carbocycles. The fraction of sp³-hybridized carbons (Fsp3) is 0.800. The first-order chi connectivity index (χ1) is 8.86. The first-order valence-corrected chi connectivity index (χ1v) is 8.14. The van der Waals surface area contributed by atoms with E-state index in [1.54, 1.807) is 0 Å². The summed E-state index contributed by atoms with van der Waals surface area (Å²) in [4.78, 5) is 0. The number of rotatable bonds is 3. The van der Waals surface area contributed by atoms with Crippen molar-refractivity contribution in [1.29, 1.82) is 0 Å². The molecule has 1 aromatic heterocycles. The lowest BCUT2D eigenvalue weighted by Crippen LogP contribution is -2.48. The summed E-state index contributed by atoms with van der Waals surface area (Å²) >= 11 is 3.70. The van der Waals surface area contributed by atoms with E-state index < -0.39 is 0 Å². The molecule has 0 saturated heterocycles. The van der Waals surface area contributed by atoms with Crippen LogP contribution in [0.5, 0.6) is 0 Å². The van der Waals surface area contributed by atoms with E-state index in [-0.39, 0.29) is 5.54 Å². The van der Waals surface area contributed by atoms with E-state index in [9.17, 15) is 0 Å². The molecule has 2 rings (SSSR count). The topological polar surface area (TPSA) is 43.8 Å². The number of hydrogen-bond donors (Lipinski definition) is 1. The molecule has 1 aromatic rings. The van der Waals surface area contributed by atoms with Gasteiger partial charge in [0, 0.05) is 19.0 Å². The zero-order chi connectivity index (χ0) is 14.2. The van der Waals surface area contributed by atoms with Gasteiger partial charge in [0.05, 0.1) is 15.9 Å². The fourth-order valence-corrected chi connectivity index (χ4v) is 4.01. The molecule has 3 atom stereocenters. The molecular weight excluding hydrogens is 302 g/mol. The van der Waals surface area contributed by atoms with E-state index in [1.165, 1.54) is 12.1 Å². The van der Waals surface area contributed by atoms with Crippen molar-refractivity contribution in [3.05, 3.63) is 15.9 Å². The molecule has 108 valence electrons. The third kappa shape index (κ3) is 3.05. The van der Waals surface area contributed by atoms with Crippen LogP contribution in [0.1, 0.15) is 51.4 Å². The van der Waals surface area contributed by atoms with E-state index >= 15 is 0 Å². The second-order valence-corrected chi connectivity index (χ2v) is 7.21. The summed E-state index contributed by atoms with van der Waals surface area (Å²) in [6, 6.07) is 0. The summed E-state index contributed by atoms with van der Waals surface area (Å²) in [5, 5.41) is 4.57. The van der Waals surface area contributed by atoms with Crippen molar-refractivity contribution in [1.82, 2.24) is 9.78 Å². The van der Waals surface area contributed by atoms with Crippen molar-refractivity contribution in [2.75, 3.05) is 0 Å². The lowest BCUT2D eigenvalue weighted by Gasteiger charge is -2.40. The van der Waals surface area contributed by atoms with Gasteiger partial charge in [-0.25, -0.2) is 0 Å². The fourth-order valence-electron chi connectivity index (χ4n) is 3.25. The molecular formula is C15H26BrN3. The monoisotopic (exact) mass is 327 g/mol. The molecule has 0 bridgehead atoms. The molecule has 0 spiro atoms. The van der Waals surface area contributed by atoms with Crippen LogP contribution in [0.25, 0.3) is 0 Å². The van der Waals surface area contributed by atoms with Crippen LogP contribution in [0, 0.1) is 11.8 Å². The van der Waals surface area contributed by atoms with Gasteiger partial charge in [0.2, 0.25) is 0 Å². The van der Waals surface area contributed by atoms with Crippen molar-refractivity contribution in [2.45, 2.75) is 58.4 Å². The number of hydrogen-bond acceptors (Lipinski definition) is 2. The summed E-state index contributed by atoms with van der Waals surface area (Å²) in [7, 11) is 2.03. The molecule has 1 aliphatic rings. The summed E-state index contributed by atoms with van der Waals surface area (Å²) in [6.45, 7) is 6.82. The summed E-state index contributed by atoms with van der Waals surface area (Å²) in [6.07, 6.45) is 5.37. The van der Waals surface area contributed by atoms with Crippen LogP contribution in [-0.2, 0) is 19.9 Å². The van der Waals surface area contributed by atoms with E-state index in [2.05, 4.69) is 41.8 Å². The molecule has 0 radical (unpaired) electrons. The Morgan fingerprint density at radius 1 is 1.42 bits per heavy atom. The van der Waals surface area contributed by atoms with Gasteiger partial charge in [-0.2, -0.15) is 5.10 Å². The molecule has 1 fully saturated rings. The Balaban J connectivity index is 2.19. The number of aryl methyl sites for hydroxylation is 2. The van der Waals surface area contributed by atoms with Gasteiger partial charge in [0.1, 0.15) is 0 Å². The van der Waals surface area contributed by atoms with Crippen LogP contribution in [0.4, 0.5) is 0 Å². The van der Waals surface area contributed by atoms with E-state index in [0.717, 1.165) is 47.7 Å². The average Bonchev–Trinajstić information content (AvgIpc) is 2.62. The maximum atomic E-state index is 6.67. The normalized spacial score (nSPS) is 31.7. The highest BCUT2D eigenvalue weighted by Gasteiger charge is 2.36. The summed E-state index contributed by atoms with van der Waals surface area (Å²) in [5.74, 6) is 1.52. The van der Waals surface area contributed by atoms with Crippen LogP contribution < -0.4 is 5.73 Å². The van der Waals surface area contributed by atoms with Crippen LogP contribution >= 0.6 is 15.9 Å². The molecule has 3 unspecified atom stereocenters.